The molecule has 1 aliphatic heterocycles. The number of ether oxygens (including phenoxy) is 2. The molecule has 1 aromatic heterocycles. The molecule has 0 atom stereocenters. The van der Waals surface area contributed by atoms with Crippen LogP contribution < -0.4 is 15.0 Å². The number of carbonyl (C=O) groups is 1. The number of rotatable bonds is 8. The lowest BCUT2D eigenvalue weighted by atomic mass is 9.94. The summed E-state index contributed by atoms with van der Waals surface area (Å²) < 4.78 is 11.6. The number of benzene rings is 2. The number of carbonyl (C=O) groups excluding carboxylic acids is 1. The van der Waals surface area contributed by atoms with E-state index in [1.54, 1.807) is 6.07 Å². The molecule has 1 N–H and O–H groups in total. The van der Waals surface area contributed by atoms with E-state index < -0.39 is 0 Å². The van der Waals surface area contributed by atoms with Crippen molar-refractivity contribution in [2.45, 2.75) is 38.1 Å². The van der Waals surface area contributed by atoms with E-state index in [0.29, 0.717) is 18.3 Å². The van der Waals surface area contributed by atoms with Gasteiger partial charge in [0.05, 0.1) is 13.2 Å². The van der Waals surface area contributed by atoms with Gasteiger partial charge in [-0.25, -0.2) is 4.98 Å². The normalized spacial score (nSPS) is 17.1. The van der Waals surface area contributed by atoms with Crippen LogP contribution in [0.15, 0.2) is 54.6 Å². The second kappa shape index (κ2) is 11.7. The van der Waals surface area contributed by atoms with Crippen LogP contribution in [0.25, 0.3) is 10.8 Å². The standard InChI is InChI=1S/C29H36N4O3/c1-32(22-8-3-2-4-9-22)28-13-7-12-26(30-28)29(34)31-25-14-15-27(24-11-6-5-10-23(24)25)36-21-18-33-16-19-35-20-17-33/h5-7,10-15,22H,2-4,8-9,16-21H2,1H3,(H,31,34). The number of pyridine rings is 1. The van der Waals surface area contributed by atoms with Crippen LogP contribution in [0.1, 0.15) is 42.6 Å². The van der Waals surface area contributed by atoms with Gasteiger partial charge in [-0.3, -0.25) is 9.69 Å². The number of hydrogen-bond acceptors (Lipinski definition) is 6. The SMILES string of the molecule is CN(c1cccc(C(=O)Nc2ccc(OCCN3CCOCC3)c3ccccc23)n1)C1CCCCC1. The number of morpholine rings is 1. The van der Waals surface area contributed by atoms with Gasteiger partial charge in [-0.1, -0.05) is 49.6 Å². The summed E-state index contributed by atoms with van der Waals surface area (Å²) in [7, 11) is 2.09. The highest BCUT2D eigenvalue weighted by molar-refractivity contribution is 6.09. The first kappa shape index (κ1) is 24.5. The van der Waals surface area contributed by atoms with Gasteiger partial charge in [0.1, 0.15) is 23.9 Å². The predicted octanol–water partition coefficient (Wildman–Crippen LogP) is 4.97. The van der Waals surface area contributed by atoms with E-state index in [0.717, 1.165) is 60.9 Å². The number of aromatic nitrogens is 1. The molecule has 2 fully saturated rings. The third-order valence-corrected chi connectivity index (χ3v) is 7.35. The number of fused-ring (bicyclic) bond motifs is 1. The van der Waals surface area contributed by atoms with Crippen molar-refractivity contribution in [1.29, 1.82) is 0 Å². The maximum absolute atomic E-state index is 13.2. The fraction of sp³-hybridized carbons (Fsp3) is 0.448. The van der Waals surface area contributed by atoms with E-state index in [2.05, 4.69) is 22.2 Å². The summed E-state index contributed by atoms with van der Waals surface area (Å²) in [4.78, 5) is 22.5. The zero-order valence-corrected chi connectivity index (χ0v) is 21.1. The van der Waals surface area contributed by atoms with Gasteiger partial charge in [0.15, 0.2) is 0 Å². The Morgan fingerprint density at radius 3 is 2.61 bits per heavy atom. The first-order chi connectivity index (χ1) is 17.7. The Morgan fingerprint density at radius 1 is 1.03 bits per heavy atom. The van der Waals surface area contributed by atoms with Crippen LogP contribution >= 0.6 is 0 Å². The minimum absolute atomic E-state index is 0.208. The predicted molar refractivity (Wildman–Crippen MR) is 144 cm³/mol. The third kappa shape index (κ3) is 5.79. The molecule has 190 valence electrons. The number of anilines is 2. The van der Waals surface area contributed by atoms with Crippen molar-refractivity contribution in [2.75, 3.05) is 56.7 Å². The van der Waals surface area contributed by atoms with Crippen LogP contribution in [-0.2, 0) is 4.74 Å². The Kier molecular flexibility index (Phi) is 7.98. The molecule has 36 heavy (non-hydrogen) atoms. The molecule has 2 aromatic carbocycles. The van der Waals surface area contributed by atoms with E-state index in [1.165, 1.54) is 32.1 Å². The molecule has 2 aliphatic rings. The van der Waals surface area contributed by atoms with Crippen molar-refractivity contribution in [2.24, 2.45) is 0 Å². The van der Waals surface area contributed by atoms with Crippen LogP contribution in [0.3, 0.4) is 0 Å². The lowest BCUT2D eigenvalue weighted by Crippen LogP contribution is -2.38. The van der Waals surface area contributed by atoms with E-state index in [9.17, 15) is 4.79 Å². The number of hydrogen-bond donors (Lipinski definition) is 1. The van der Waals surface area contributed by atoms with Crippen molar-refractivity contribution in [3.63, 3.8) is 0 Å². The summed E-state index contributed by atoms with van der Waals surface area (Å²) in [6.45, 7) is 4.94. The van der Waals surface area contributed by atoms with Crippen molar-refractivity contribution in [3.8, 4) is 5.75 Å². The molecule has 0 radical (unpaired) electrons. The Balaban J connectivity index is 1.28. The second-order valence-corrected chi connectivity index (χ2v) is 9.70. The lowest BCUT2D eigenvalue weighted by molar-refractivity contribution is 0.0323. The maximum atomic E-state index is 13.2. The van der Waals surface area contributed by atoms with Gasteiger partial charge in [-0.15, -0.1) is 0 Å². The molecular formula is C29H36N4O3. The summed E-state index contributed by atoms with van der Waals surface area (Å²) in [6.07, 6.45) is 6.19. The van der Waals surface area contributed by atoms with Crippen LogP contribution in [-0.4, -0.2) is 68.3 Å². The van der Waals surface area contributed by atoms with E-state index >= 15 is 0 Å². The van der Waals surface area contributed by atoms with E-state index in [1.807, 2.05) is 48.5 Å². The number of nitrogens with one attached hydrogen (secondary N) is 1. The number of amides is 1. The molecule has 1 saturated carbocycles. The summed E-state index contributed by atoms with van der Waals surface area (Å²) in [5.41, 5.74) is 1.18. The Bertz CT molecular complexity index is 1170. The molecule has 0 bridgehead atoms. The largest absolute Gasteiger partial charge is 0.492 e. The molecular weight excluding hydrogens is 452 g/mol. The smallest absolute Gasteiger partial charge is 0.274 e. The first-order valence-corrected chi connectivity index (χ1v) is 13.1. The minimum atomic E-state index is -0.208. The van der Waals surface area contributed by atoms with Crippen molar-refractivity contribution in [3.05, 3.63) is 60.3 Å². The Morgan fingerprint density at radius 2 is 1.81 bits per heavy atom. The average Bonchev–Trinajstić information content (AvgIpc) is 2.95. The highest BCUT2D eigenvalue weighted by atomic mass is 16.5. The topological polar surface area (TPSA) is 66.9 Å². The van der Waals surface area contributed by atoms with Crippen molar-refractivity contribution >= 4 is 28.2 Å². The zero-order chi connectivity index (χ0) is 24.7. The maximum Gasteiger partial charge on any atom is 0.274 e. The van der Waals surface area contributed by atoms with Crippen LogP contribution in [0.4, 0.5) is 11.5 Å². The van der Waals surface area contributed by atoms with Gasteiger partial charge in [0, 0.05) is 49.2 Å². The summed E-state index contributed by atoms with van der Waals surface area (Å²) in [5.74, 6) is 1.47. The Labute approximate surface area is 213 Å². The summed E-state index contributed by atoms with van der Waals surface area (Å²) >= 11 is 0. The second-order valence-electron chi connectivity index (χ2n) is 9.70. The van der Waals surface area contributed by atoms with Crippen molar-refractivity contribution < 1.29 is 14.3 Å². The molecule has 2 heterocycles. The molecule has 0 unspecified atom stereocenters. The van der Waals surface area contributed by atoms with E-state index in [-0.39, 0.29) is 5.91 Å². The molecule has 5 rings (SSSR count). The minimum Gasteiger partial charge on any atom is -0.492 e. The molecule has 0 spiro atoms. The monoisotopic (exact) mass is 488 g/mol. The lowest BCUT2D eigenvalue weighted by Gasteiger charge is -2.32. The zero-order valence-electron chi connectivity index (χ0n) is 21.1. The fourth-order valence-electron chi connectivity index (χ4n) is 5.20. The fourth-order valence-corrected chi connectivity index (χ4v) is 5.20. The summed E-state index contributed by atoms with van der Waals surface area (Å²) in [6, 6.07) is 18.1. The molecule has 1 aliphatic carbocycles. The molecule has 1 saturated heterocycles. The van der Waals surface area contributed by atoms with Gasteiger partial charge in [-0.05, 0) is 37.1 Å². The van der Waals surface area contributed by atoms with Gasteiger partial charge in [0.2, 0.25) is 0 Å². The van der Waals surface area contributed by atoms with Crippen LogP contribution in [0, 0.1) is 0 Å². The average molecular weight is 489 g/mol. The quantitative estimate of drug-likeness (QED) is 0.483. The van der Waals surface area contributed by atoms with E-state index in [4.69, 9.17) is 14.5 Å². The molecule has 7 heteroatoms. The van der Waals surface area contributed by atoms with Gasteiger partial charge < -0.3 is 19.7 Å². The van der Waals surface area contributed by atoms with Gasteiger partial charge in [0.25, 0.3) is 5.91 Å². The van der Waals surface area contributed by atoms with Crippen LogP contribution in [0.5, 0.6) is 5.75 Å². The highest BCUT2D eigenvalue weighted by Gasteiger charge is 2.20. The highest BCUT2D eigenvalue weighted by Crippen LogP contribution is 2.32. The Hall–Kier alpha value is -3.16. The van der Waals surface area contributed by atoms with Gasteiger partial charge >= 0.3 is 0 Å². The third-order valence-electron chi connectivity index (χ3n) is 7.35. The number of nitrogens with zero attached hydrogens (tertiary/aromatic N) is 3. The first-order valence-electron chi connectivity index (χ1n) is 13.1. The van der Waals surface area contributed by atoms with Gasteiger partial charge in [-0.2, -0.15) is 0 Å². The summed E-state index contributed by atoms with van der Waals surface area (Å²) in [5, 5.41) is 5.02. The van der Waals surface area contributed by atoms with Crippen molar-refractivity contribution in [1.82, 2.24) is 9.88 Å². The molecule has 7 nitrogen and oxygen atoms in total. The van der Waals surface area contributed by atoms with Crippen LogP contribution in [0.2, 0.25) is 0 Å². The molecule has 3 aromatic rings. The molecule has 1 amide bonds.